The lowest BCUT2D eigenvalue weighted by atomic mass is 9.93. The van der Waals surface area contributed by atoms with Crippen LogP contribution in [0.2, 0.25) is 0 Å². The first-order chi connectivity index (χ1) is 7.81. The maximum atomic E-state index is 12.1. The van der Waals surface area contributed by atoms with Crippen LogP contribution in [0, 0.1) is 11.8 Å². The largest absolute Gasteiger partial charge is 0.396 e. The number of piperidine rings is 1. The molecule has 2 aliphatic rings. The van der Waals surface area contributed by atoms with E-state index >= 15 is 0 Å². The molecule has 1 N–H and O–H groups in total. The maximum Gasteiger partial charge on any atom is 0.226 e. The molecule has 1 heterocycles. The second kappa shape index (κ2) is 5.48. The number of carbonyl (C=O) groups excluding carboxylic acids is 1. The molecule has 1 aliphatic heterocycles. The zero-order valence-corrected chi connectivity index (χ0v) is 9.77. The molecule has 0 atom stereocenters. The number of nitrogens with zero attached hydrogens (tertiary/aromatic N) is 1. The average molecular weight is 223 g/mol. The van der Waals surface area contributed by atoms with Crippen LogP contribution in [0.1, 0.15) is 32.1 Å². The molecule has 0 bridgehead atoms. The molecular formula is C13H21NO2. The van der Waals surface area contributed by atoms with Gasteiger partial charge in [-0.05, 0) is 38.0 Å². The number of aliphatic hydroxyl groups is 1. The van der Waals surface area contributed by atoms with Crippen LogP contribution in [0.15, 0.2) is 12.2 Å². The van der Waals surface area contributed by atoms with E-state index in [1.807, 2.05) is 4.90 Å². The molecule has 0 aromatic rings. The molecule has 0 radical (unpaired) electrons. The van der Waals surface area contributed by atoms with Crippen molar-refractivity contribution in [2.45, 2.75) is 32.1 Å². The van der Waals surface area contributed by atoms with Gasteiger partial charge in [0, 0.05) is 25.6 Å². The van der Waals surface area contributed by atoms with E-state index in [0.717, 1.165) is 45.2 Å². The van der Waals surface area contributed by atoms with Gasteiger partial charge in [0.15, 0.2) is 0 Å². The molecule has 16 heavy (non-hydrogen) atoms. The Morgan fingerprint density at radius 1 is 1.25 bits per heavy atom. The third kappa shape index (κ3) is 2.64. The Bertz CT molecular complexity index is 259. The number of likely N-dealkylation sites (tertiary alicyclic amines) is 1. The van der Waals surface area contributed by atoms with Gasteiger partial charge in [-0.15, -0.1) is 0 Å². The molecule has 1 fully saturated rings. The van der Waals surface area contributed by atoms with E-state index in [-0.39, 0.29) is 12.5 Å². The highest BCUT2D eigenvalue weighted by Gasteiger charge is 2.28. The van der Waals surface area contributed by atoms with Crippen molar-refractivity contribution in [1.29, 1.82) is 0 Å². The Balaban J connectivity index is 1.77. The summed E-state index contributed by atoms with van der Waals surface area (Å²) in [5.74, 6) is 1.18. The molecule has 0 spiro atoms. The fourth-order valence-electron chi connectivity index (χ4n) is 2.70. The van der Waals surface area contributed by atoms with Gasteiger partial charge in [0.2, 0.25) is 5.91 Å². The van der Waals surface area contributed by atoms with Crippen LogP contribution < -0.4 is 0 Å². The second-order valence-electron chi connectivity index (χ2n) is 4.92. The summed E-state index contributed by atoms with van der Waals surface area (Å²) < 4.78 is 0. The highest BCUT2D eigenvalue weighted by molar-refractivity contribution is 5.79. The number of aliphatic hydroxyl groups excluding tert-OH is 1. The number of amides is 1. The molecule has 3 heteroatoms. The van der Waals surface area contributed by atoms with Crippen LogP contribution in [-0.4, -0.2) is 35.6 Å². The summed E-state index contributed by atoms with van der Waals surface area (Å²) in [5, 5.41) is 8.88. The van der Waals surface area contributed by atoms with E-state index in [9.17, 15) is 4.79 Å². The van der Waals surface area contributed by atoms with Crippen molar-refractivity contribution in [3.8, 4) is 0 Å². The van der Waals surface area contributed by atoms with E-state index in [4.69, 9.17) is 5.11 Å². The Morgan fingerprint density at radius 3 is 2.44 bits per heavy atom. The number of hydrogen-bond donors (Lipinski definition) is 1. The Labute approximate surface area is 97.1 Å². The summed E-state index contributed by atoms with van der Waals surface area (Å²) in [4.78, 5) is 14.1. The summed E-state index contributed by atoms with van der Waals surface area (Å²) >= 11 is 0. The van der Waals surface area contributed by atoms with E-state index in [1.54, 1.807) is 0 Å². The zero-order valence-electron chi connectivity index (χ0n) is 9.77. The van der Waals surface area contributed by atoms with Crippen LogP contribution in [0.5, 0.6) is 0 Å². The van der Waals surface area contributed by atoms with Crippen LogP contribution in [-0.2, 0) is 4.79 Å². The molecular weight excluding hydrogens is 202 g/mol. The van der Waals surface area contributed by atoms with Crippen molar-refractivity contribution >= 4 is 5.91 Å². The monoisotopic (exact) mass is 223 g/mol. The smallest absolute Gasteiger partial charge is 0.226 e. The van der Waals surface area contributed by atoms with Gasteiger partial charge in [-0.1, -0.05) is 12.2 Å². The first kappa shape index (κ1) is 11.6. The number of hydrogen-bond acceptors (Lipinski definition) is 2. The fraction of sp³-hybridized carbons (Fsp3) is 0.769. The lowest BCUT2D eigenvalue weighted by Crippen LogP contribution is -2.41. The third-order valence-electron chi connectivity index (χ3n) is 3.82. The first-order valence-electron chi connectivity index (χ1n) is 6.36. The Morgan fingerprint density at radius 2 is 1.88 bits per heavy atom. The quantitative estimate of drug-likeness (QED) is 0.738. The van der Waals surface area contributed by atoms with Gasteiger partial charge < -0.3 is 10.0 Å². The summed E-state index contributed by atoms with van der Waals surface area (Å²) in [5.41, 5.74) is 0. The predicted octanol–water partition coefficient (Wildman–Crippen LogP) is 1.57. The highest BCUT2D eigenvalue weighted by atomic mass is 16.3. The molecule has 0 saturated carbocycles. The van der Waals surface area contributed by atoms with Gasteiger partial charge >= 0.3 is 0 Å². The van der Waals surface area contributed by atoms with Crippen molar-refractivity contribution < 1.29 is 9.90 Å². The number of allylic oxidation sites excluding steroid dienone is 2. The van der Waals surface area contributed by atoms with Gasteiger partial charge in [0.1, 0.15) is 0 Å². The minimum atomic E-state index is 0.217. The average Bonchev–Trinajstić information content (AvgIpc) is 2.83. The standard InChI is InChI=1S/C13H21NO2/c15-10-7-11-5-8-14(9-6-11)13(16)12-3-1-2-4-12/h1-2,11-12,15H,3-10H2. The zero-order chi connectivity index (χ0) is 11.4. The van der Waals surface area contributed by atoms with Gasteiger partial charge in [0.05, 0.1) is 0 Å². The predicted molar refractivity (Wildman–Crippen MR) is 62.9 cm³/mol. The molecule has 1 aliphatic carbocycles. The third-order valence-corrected chi connectivity index (χ3v) is 3.82. The van der Waals surface area contributed by atoms with E-state index < -0.39 is 0 Å². The van der Waals surface area contributed by atoms with Crippen molar-refractivity contribution in [1.82, 2.24) is 4.90 Å². The summed E-state index contributed by atoms with van der Waals surface area (Å²) in [6.07, 6.45) is 9.10. The molecule has 1 saturated heterocycles. The van der Waals surface area contributed by atoms with Crippen LogP contribution in [0.4, 0.5) is 0 Å². The van der Waals surface area contributed by atoms with Gasteiger partial charge in [0.25, 0.3) is 0 Å². The summed E-state index contributed by atoms with van der Waals surface area (Å²) in [6, 6.07) is 0. The lowest BCUT2D eigenvalue weighted by Gasteiger charge is -2.33. The maximum absolute atomic E-state index is 12.1. The minimum Gasteiger partial charge on any atom is -0.396 e. The summed E-state index contributed by atoms with van der Waals surface area (Å²) in [6.45, 7) is 2.06. The lowest BCUT2D eigenvalue weighted by molar-refractivity contribution is -0.136. The second-order valence-corrected chi connectivity index (χ2v) is 4.92. The van der Waals surface area contributed by atoms with Gasteiger partial charge in [-0.25, -0.2) is 0 Å². The molecule has 1 amide bonds. The molecule has 2 rings (SSSR count). The van der Waals surface area contributed by atoms with Crippen molar-refractivity contribution in [2.24, 2.45) is 11.8 Å². The topological polar surface area (TPSA) is 40.5 Å². The molecule has 0 unspecified atom stereocenters. The van der Waals surface area contributed by atoms with E-state index in [2.05, 4.69) is 12.2 Å². The molecule has 0 aromatic heterocycles. The van der Waals surface area contributed by atoms with Crippen LogP contribution in [0.3, 0.4) is 0 Å². The Kier molecular flexibility index (Phi) is 3.99. The first-order valence-corrected chi connectivity index (χ1v) is 6.36. The van der Waals surface area contributed by atoms with Crippen molar-refractivity contribution in [3.05, 3.63) is 12.2 Å². The van der Waals surface area contributed by atoms with Crippen molar-refractivity contribution in [2.75, 3.05) is 19.7 Å². The van der Waals surface area contributed by atoms with Crippen LogP contribution >= 0.6 is 0 Å². The van der Waals surface area contributed by atoms with E-state index in [0.29, 0.717) is 11.8 Å². The number of rotatable bonds is 3. The Hall–Kier alpha value is -0.830. The normalized spacial score (nSPS) is 22.9. The summed E-state index contributed by atoms with van der Waals surface area (Å²) in [7, 11) is 0. The molecule has 3 nitrogen and oxygen atoms in total. The van der Waals surface area contributed by atoms with Gasteiger partial charge in [-0.2, -0.15) is 0 Å². The van der Waals surface area contributed by atoms with Crippen molar-refractivity contribution in [3.63, 3.8) is 0 Å². The minimum absolute atomic E-state index is 0.217. The highest BCUT2D eigenvalue weighted by Crippen LogP contribution is 2.25. The number of carbonyl (C=O) groups is 1. The SMILES string of the molecule is O=C(C1CC=CC1)N1CCC(CCO)CC1. The van der Waals surface area contributed by atoms with Crippen LogP contribution in [0.25, 0.3) is 0 Å². The van der Waals surface area contributed by atoms with Gasteiger partial charge in [-0.3, -0.25) is 4.79 Å². The van der Waals surface area contributed by atoms with E-state index in [1.165, 1.54) is 0 Å². The molecule has 0 aromatic carbocycles. The fourth-order valence-corrected chi connectivity index (χ4v) is 2.70. The molecule has 90 valence electrons.